The molecule has 0 unspecified atom stereocenters. The molecule has 0 spiro atoms. The summed E-state index contributed by atoms with van der Waals surface area (Å²) in [7, 11) is 0. The van der Waals surface area contributed by atoms with Crippen LogP contribution in [0.25, 0.3) is 5.69 Å². The maximum absolute atomic E-state index is 11.8. The summed E-state index contributed by atoms with van der Waals surface area (Å²) in [4.78, 5) is 11.8. The Hall–Kier alpha value is -2.28. The van der Waals surface area contributed by atoms with Crippen molar-refractivity contribution < 1.29 is 4.79 Å². The number of carbonyl (C=O) groups is 1. The molecule has 110 valence electrons. The average Bonchev–Trinajstić information content (AvgIpc) is 3.11. The summed E-state index contributed by atoms with van der Waals surface area (Å²) in [6.07, 6.45) is 4.11. The van der Waals surface area contributed by atoms with Crippen molar-refractivity contribution >= 4 is 11.6 Å². The number of carbonyl (C=O) groups excluding carboxylic acids is 1. The van der Waals surface area contributed by atoms with Crippen LogP contribution in [0.5, 0.6) is 0 Å². The summed E-state index contributed by atoms with van der Waals surface area (Å²) in [5.74, 6) is 0.751. The van der Waals surface area contributed by atoms with Crippen LogP contribution in [0.1, 0.15) is 18.4 Å². The SMILES string of the molecule is Cc1cc(NC(=O)CNCC2CC2)ccc1-n1cnnn1. The average molecular weight is 286 g/mol. The molecule has 1 amide bonds. The Labute approximate surface area is 122 Å². The van der Waals surface area contributed by atoms with Crippen LogP contribution in [0.15, 0.2) is 24.5 Å². The first-order valence-corrected chi connectivity index (χ1v) is 7.07. The second kappa shape index (κ2) is 6.01. The lowest BCUT2D eigenvalue weighted by Gasteiger charge is -2.09. The predicted molar refractivity (Wildman–Crippen MR) is 78.1 cm³/mol. The third kappa shape index (κ3) is 3.63. The van der Waals surface area contributed by atoms with Crippen LogP contribution >= 0.6 is 0 Å². The van der Waals surface area contributed by atoms with Crippen molar-refractivity contribution in [3.05, 3.63) is 30.1 Å². The maximum atomic E-state index is 11.8. The molecular formula is C14H18N6O. The van der Waals surface area contributed by atoms with Crippen molar-refractivity contribution in [2.24, 2.45) is 5.92 Å². The van der Waals surface area contributed by atoms with Crippen molar-refractivity contribution in [3.63, 3.8) is 0 Å². The zero-order chi connectivity index (χ0) is 14.7. The van der Waals surface area contributed by atoms with Crippen molar-refractivity contribution in [1.82, 2.24) is 25.5 Å². The first-order chi connectivity index (χ1) is 10.2. The van der Waals surface area contributed by atoms with Crippen LogP contribution in [0, 0.1) is 12.8 Å². The van der Waals surface area contributed by atoms with Gasteiger partial charge in [-0.3, -0.25) is 4.79 Å². The van der Waals surface area contributed by atoms with Gasteiger partial charge in [0.25, 0.3) is 0 Å². The molecule has 0 bridgehead atoms. The highest BCUT2D eigenvalue weighted by Gasteiger charge is 2.20. The Kier molecular flexibility index (Phi) is 3.92. The normalized spacial score (nSPS) is 14.1. The van der Waals surface area contributed by atoms with Gasteiger partial charge in [0.2, 0.25) is 5.91 Å². The van der Waals surface area contributed by atoms with Gasteiger partial charge in [0.1, 0.15) is 6.33 Å². The van der Waals surface area contributed by atoms with E-state index in [1.54, 1.807) is 11.0 Å². The maximum Gasteiger partial charge on any atom is 0.238 e. The minimum absolute atomic E-state index is 0.0229. The van der Waals surface area contributed by atoms with Crippen LogP contribution in [0.3, 0.4) is 0 Å². The van der Waals surface area contributed by atoms with Crippen molar-refractivity contribution in [3.8, 4) is 5.69 Å². The van der Waals surface area contributed by atoms with E-state index in [0.29, 0.717) is 6.54 Å². The molecule has 0 atom stereocenters. The Morgan fingerprint density at radius 3 is 2.95 bits per heavy atom. The van der Waals surface area contributed by atoms with Crippen molar-refractivity contribution in [2.75, 3.05) is 18.4 Å². The van der Waals surface area contributed by atoms with Gasteiger partial charge in [0, 0.05) is 5.69 Å². The standard InChI is InChI=1S/C14H18N6O/c1-10-6-12(4-5-13(10)20-9-16-18-19-20)17-14(21)8-15-7-11-2-3-11/h4-6,9,11,15H,2-3,7-8H2,1H3,(H,17,21). The molecule has 7 nitrogen and oxygen atoms in total. The van der Waals surface area contributed by atoms with Crippen LogP contribution in [0.2, 0.25) is 0 Å². The lowest BCUT2D eigenvalue weighted by Crippen LogP contribution is -2.29. The van der Waals surface area contributed by atoms with E-state index < -0.39 is 0 Å². The number of aryl methyl sites for hydroxylation is 1. The quantitative estimate of drug-likeness (QED) is 0.824. The van der Waals surface area contributed by atoms with Gasteiger partial charge in [0.15, 0.2) is 0 Å². The molecule has 1 saturated carbocycles. The number of hydrogen-bond donors (Lipinski definition) is 2. The fraction of sp³-hybridized carbons (Fsp3) is 0.429. The van der Waals surface area contributed by atoms with Gasteiger partial charge >= 0.3 is 0 Å². The monoisotopic (exact) mass is 286 g/mol. The number of amides is 1. The highest BCUT2D eigenvalue weighted by atomic mass is 16.1. The van der Waals surface area contributed by atoms with Crippen LogP contribution < -0.4 is 10.6 Å². The summed E-state index contributed by atoms with van der Waals surface area (Å²) in [6.45, 7) is 3.24. The Balaban J connectivity index is 1.58. The van der Waals surface area contributed by atoms with Crippen molar-refractivity contribution in [1.29, 1.82) is 0 Å². The highest BCUT2D eigenvalue weighted by Crippen LogP contribution is 2.27. The largest absolute Gasteiger partial charge is 0.325 e. The third-order valence-electron chi connectivity index (χ3n) is 3.49. The van der Waals surface area contributed by atoms with Crippen LogP contribution in [-0.2, 0) is 4.79 Å². The molecule has 7 heteroatoms. The van der Waals surface area contributed by atoms with Crippen LogP contribution in [0.4, 0.5) is 5.69 Å². The number of aromatic nitrogens is 4. The van der Waals surface area contributed by atoms with Gasteiger partial charge in [-0.15, -0.1) is 5.10 Å². The molecule has 21 heavy (non-hydrogen) atoms. The van der Waals surface area contributed by atoms with Crippen LogP contribution in [-0.4, -0.2) is 39.2 Å². The first-order valence-electron chi connectivity index (χ1n) is 7.07. The van der Waals surface area contributed by atoms with Crippen molar-refractivity contribution in [2.45, 2.75) is 19.8 Å². The number of hydrogen-bond acceptors (Lipinski definition) is 5. The fourth-order valence-corrected chi connectivity index (χ4v) is 2.18. The Morgan fingerprint density at radius 2 is 2.29 bits per heavy atom. The summed E-state index contributed by atoms with van der Waals surface area (Å²) < 4.78 is 1.60. The lowest BCUT2D eigenvalue weighted by atomic mass is 10.2. The molecule has 1 aromatic heterocycles. The van der Waals surface area contributed by atoms with E-state index in [2.05, 4.69) is 26.2 Å². The number of nitrogens with zero attached hydrogens (tertiary/aromatic N) is 4. The third-order valence-corrected chi connectivity index (χ3v) is 3.49. The van der Waals surface area contributed by atoms with Gasteiger partial charge in [-0.25, -0.2) is 4.68 Å². The Morgan fingerprint density at radius 1 is 1.43 bits per heavy atom. The minimum Gasteiger partial charge on any atom is -0.325 e. The molecule has 2 N–H and O–H groups in total. The fourth-order valence-electron chi connectivity index (χ4n) is 2.18. The molecule has 1 aromatic carbocycles. The molecule has 0 radical (unpaired) electrons. The number of rotatable bonds is 6. The number of anilines is 1. The highest BCUT2D eigenvalue weighted by molar-refractivity contribution is 5.92. The number of tetrazole rings is 1. The van der Waals surface area contributed by atoms with E-state index in [1.165, 1.54) is 12.8 Å². The minimum atomic E-state index is -0.0229. The molecule has 1 fully saturated rings. The second-order valence-corrected chi connectivity index (χ2v) is 5.38. The van der Waals surface area contributed by atoms with Gasteiger partial charge in [-0.05, 0) is 66.4 Å². The molecule has 0 aliphatic heterocycles. The smallest absolute Gasteiger partial charge is 0.238 e. The van der Waals surface area contributed by atoms with Gasteiger partial charge < -0.3 is 10.6 Å². The molecular weight excluding hydrogens is 268 g/mol. The summed E-state index contributed by atoms with van der Waals surface area (Å²) in [5, 5.41) is 17.2. The zero-order valence-corrected chi connectivity index (χ0v) is 11.9. The van der Waals surface area contributed by atoms with Gasteiger partial charge in [0.05, 0.1) is 12.2 Å². The second-order valence-electron chi connectivity index (χ2n) is 5.38. The van der Waals surface area contributed by atoms with E-state index in [0.717, 1.165) is 29.4 Å². The zero-order valence-electron chi connectivity index (χ0n) is 11.9. The molecule has 1 aliphatic carbocycles. The molecule has 0 saturated heterocycles. The molecule has 3 rings (SSSR count). The Bertz CT molecular complexity index is 620. The topological polar surface area (TPSA) is 84.7 Å². The first kappa shape index (κ1) is 13.7. The lowest BCUT2D eigenvalue weighted by molar-refractivity contribution is -0.115. The van der Waals surface area contributed by atoms with E-state index in [9.17, 15) is 4.79 Å². The number of benzene rings is 1. The molecule has 1 heterocycles. The van der Waals surface area contributed by atoms with Gasteiger partial charge in [-0.2, -0.15) is 0 Å². The van der Waals surface area contributed by atoms with Gasteiger partial charge in [-0.1, -0.05) is 0 Å². The van der Waals surface area contributed by atoms with E-state index in [1.807, 2.05) is 25.1 Å². The summed E-state index contributed by atoms with van der Waals surface area (Å²) in [5.41, 5.74) is 2.67. The molecule has 1 aliphatic rings. The summed E-state index contributed by atoms with van der Waals surface area (Å²) >= 11 is 0. The summed E-state index contributed by atoms with van der Waals surface area (Å²) in [6, 6.07) is 5.65. The van der Waals surface area contributed by atoms with E-state index in [4.69, 9.17) is 0 Å². The number of nitrogens with one attached hydrogen (secondary N) is 2. The van der Waals surface area contributed by atoms with E-state index >= 15 is 0 Å². The molecule has 2 aromatic rings. The van der Waals surface area contributed by atoms with E-state index in [-0.39, 0.29) is 5.91 Å². The predicted octanol–water partition coefficient (Wildman–Crippen LogP) is 0.909.